The first-order valence-corrected chi connectivity index (χ1v) is 11.7. The summed E-state index contributed by atoms with van der Waals surface area (Å²) in [6.07, 6.45) is -0.504. The lowest BCUT2D eigenvalue weighted by Gasteiger charge is -2.31. The molecule has 2 atom stereocenters. The van der Waals surface area contributed by atoms with Crippen LogP contribution < -0.4 is 0 Å². The second kappa shape index (κ2) is 9.30. The van der Waals surface area contributed by atoms with Crippen molar-refractivity contribution in [3.05, 3.63) is 35.9 Å². The maximum atomic E-state index is 13.2. The molecule has 1 aromatic rings. The SMILES string of the molecule is CC(C)(C)OC(=O)N1CSC[C@H]1C(=O)N1CSC[C@H]1C(=O)OCc1ccccc1. The van der Waals surface area contributed by atoms with E-state index in [-0.39, 0.29) is 12.5 Å². The van der Waals surface area contributed by atoms with Crippen LogP contribution >= 0.6 is 23.5 Å². The van der Waals surface area contributed by atoms with Gasteiger partial charge in [-0.1, -0.05) is 30.3 Å². The lowest BCUT2D eigenvalue weighted by molar-refractivity contribution is -0.155. The molecule has 2 fully saturated rings. The van der Waals surface area contributed by atoms with Crippen molar-refractivity contribution in [3.63, 3.8) is 0 Å². The summed E-state index contributed by atoms with van der Waals surface area (Å²) in [5, 5.41) is 0. The summed E-state index contributed by atoms with van der Waals surface area (Å²) in [4.78, 5) is 41.2. The van der Waals surface area contributed by atoms with Crippen molar-refractivity contribution in [1.29, 1.82) is 0 Å². The predicted octanol–water partition coefficient (Wildman–Crippen LogP) is 2.94. The Morgan fingerprint density at radius 1 is 1.00 bits per heavy atom. The van der Waals surface area contributed by atoms with Crippen molar-refractivity contribution in [2.75, 3.05) is 23.3 Å². The number of nitrogens with zero attached hydrogens (tertiary/aromatic N) is 2. The third-order valence-corrected chi connectivity index (χ3v) is 6.48. The van der Waals surface area contributed by atoms with Crippen molar-refractivity contribution < 1.29 is 23.9 Å². The molecule has 9 heteroatoms. The fraction of sp³-hybridized carbons (Fsp3) is 0.550. The van der Waals surface area contributed by atoms with Crippen LogP contribution in [0.3, 0.4) is 0 Å². The van der Waals surface area contributed by atoms with Gasteiger partial charge in [0.2, 0.25) is 5.91 Å². The van der Waals surface area contributed by atoms with Crippen LogP contribution in [0.1, 0.15) is 26.3 Å². The van der Waals surface area contributed by atoms with E-state index in [1.165, 1.54) is 33.3 Å². The van der Waals surface area contributed by atoms with E-state index in [0.717, 1.165) is 5.56 Å². The Morgan fingerprint density at radius 2 is 1.62 bits per heavy atom. The highest BCUT2D eigenvalue weighted by molar-refractivity contribution is 7.99. The first kappa shape index (κ1) is 21.8. The van der Waals surface area contributed by atoms with Crippen LogP contribution in [0.5, 0.6) is 0 Å². The third kappa shape index (κ3) is 5.60. The van der Waals surface area contributed by atoms with Gasteiger partial charge in [-0.05, 0) is 26.3 Å². The topological polar surface area (TPSA) is 76.2 Å². The van der Waals surface area contributed by atoms with Gasteiger partial charge in [0.25, 0.3) is 0 Å². The monoisotopic (exact) mass is 438 g/mol. The van der Waals surface area contributed by atoms with Crippen molar-refractivity contribution in [2.24, 2.45) is 0 Å². The standard InChI is InChI=1S/C20H26N2O5S2/c1-20(2,3)27-19(25)22-13-28-10-15(22)17(23)21-12-29-11-16(21)18(24)26-9-14-7-5-4-6-8-14/h4-8,15-16H,9-13H2,1-3H3/t15-,16-/m0/s1. The van der Waals surface area contributed by atoms with Gasteiger partial charge in [-0.2, -0.15) is 0 Å². The van der Waals surface area contributed by atoms with Crippen LogP contribution in [0.25, 0.3) is 0 Å². The van der Waals surface area contributed by atoms with Crippen molar-refractivity contribution >= 4 is 41.5 Å². The van der Waals surface area contributed by atoms with E-state index in [0.29, 0.717) is 23.3 Å². The quantitative estimate of drug-likeness (QED) is 0.669. The number of hydrogen-bond acceptors (Lipinski definition) is 7. The summed E-state index contributed by atoms with van der Waals surface area (Å²) < 4.78 is 10.9. The first-order valence-electron chi connectivity index (χ1n) is 9.42. The van der Waals surface area contributed by atoms with Crippen molar-refractivity contribution in [1.82, 2.24) is 9.80 Å². The Kier molecular flexibility index (Phi) is 7.00. The van der Waals surface area contributed by atoms with E-state index in [2.05, 4.69) is 0 Å². The van der Waals surface area contributed by atoms with Crippen LogP contribution in [0, 0.1) is 0 Å². The van der Waals surface area contributed by atoms with Gasteiger partial charge in [0, 0.05) is 11.5 Å². The molecule has 0 radical (unpaired) electrons. The van der Waals surface area contributed by atoms with Gasteiger partial charge in [0.05, 0.1) is 11.8 Å². The normalized spacial score (nSPS) is 21.9. The van der Waals surface area contributed by atoms with Crippen molar-refractivity contribution in [3.8, 4) is 0 Å². The summed E-state index contributed by atoms with van der Waals surface area (Å²) in [7, 11) is 0. The molecule has 0 N–H and O–H groups in total. The van der Waals surface area contributed by atoms with Gasteiger partial charge in [0.15, 0.2) is 0 Å². The summed E-state index contributed by atoms with van der Waals surface area (Å²) in [5.41, 5.74) is 0.262. The molecule has 0 bridgehead atoms. The van der Waals surface area contributed by atoms with Crippen LogP contribution in [0.4, 0.5) is 4.79 Å². The van der Waals surface area contributed by atoms with Gasteiger partial charge in [-0.25, -0.2) is 9.59 Å². The number of esters is 1. The molecule has 0 spiro atoms. The van der Waals surface area contributed by atoms with E-state index >= 15 is 0 Å². The molecule has 2 saturated heterocycles. The molecule has 2 heterocycles. The summed E-state index contributed by atoms with van der Waals surface area (Å²) >= 11 is 3.01. The van der Waals surface area contributed by atoms with Crippen LogP contribution in [0.2, 0.25) is 0 Å². The maximum Gasteiger partial charge on any atom is 0.411 e. The Labute approximate surface area is 179 Å². The average Bonchev–Trinajstić information content (AvgIpc) is 3.34. The minimum Gasteiger partial charge on any atom is -0.459 e. The number of carbonyl (C=O) groups is 3. The smallest absolute Gasteiger partial charge is 0.411 e. The number of amides is 2. The molecule has 2 amide bonds. The zero-order chi connectivity index (χ0) is 21.0. The van der Waals surface area contributed by atoms with E-state index in [1.807, 2.05) is 30.3 Å². The van der Waals surface area contributed by atoms with E-state index in [1.54, 1.807) is 20.8 Å². The highest BCUT2D eigenvalue weighted by Crippen LogP contribution is 2.29. The average molecular weight is 439 g/mol. The Bertz CT molecular complexity index is 753. The Balaban J connectivity index is 1.62. The lowest BCUT2D eigenvalue weighted by Crippen LogP contribution is -2.53. The minimum atomic E-state index is -0.637. The van der Waals surface area contributed by atoms with Gasteiger partial charge in [-0.15, -0.1) is 23.5 Å². The summed E-state index contributed by atoms with van der Waals surface area (Å²) in [5.74, 6) is 1.15. The summed E-state index contributed by atoms with van der Waals surface area (Å²) in [6.45, 7) is 5.55. The van der Waals surface area contributed by atoms with E-state index < -0.39 is 29.7 Å². The number of thioether (sulfide) groups is 2. The molecule has 0 aliphatic carbocycles. The maximum absolute atomic E-state index is 13.2. The molecular weight excluding hydrogens is 412 g/mol. The lowest BCUT2D eigenvalue weighted by atomic mass is 10.2. The molecule has 0 saturated carbocycles. The molecular formula is C20H26N2O5S2. The molecule has 29 heavy (non-hydrogen) atoms. The summed E-state index contributed by atoms with van der Waals surface area (Å²) in [6, 6.07) is 8.17. The molecule has 2 aliphatic heterocycles. The van der Waals surface area contributed by atoms with Crippen LogP contribution in [-0.2, 0) is 25.7 Å². The van der Waals surface area contributed by atoms with Crippen LogP contribution in [0.15, 0.2) is 30.3 Å². The van der Waals surface area contributed by atoms with Gasteiger partial charge in [0.1, 0.15) is 24.3 Å². The number of ether oxygens (including phenoxy) is 2. The third-order valence-electron chi connectivity index (χ3n) is 4.46. The fourth-order valence-corrected chi connectivity index (χ4v) is 5.30. The minimum absolute atomic E-state index is 0.173. The van der Waals surface area contributed by atoms with Gasteiger partial charge in [-0.3, -0.25) is 9.69 Å². The highest BCUT2D eigenvalue weighted by atomic mass is 32.2. The zero-order valence-electron chi connectivity index (χ0n) is 16.8. The van der Waals surface area contributed by atoms with Gasteiger partial charge >= 0.3 is 12.1 Å². The second-order valence-corrected chi connectivity index (χ2v) is 9.88. The largest absolute Gasteiger partial charge is 0.459 e. The second-order valence-electron chi connectivity index (χ2n) is 7.88. The first-order chi connectivity index (χ1) is 13.8. The molecule has 7 nitrogen and oxygen atoms in total. The number of carbonyl (C=O) groups excluding carboxylic acids is 3. The highest BCUT2D eigenvalue weighted by Gasteiger charge is 2.44. The molecule has 1 aromatic carbocycles. The van der Waals surface area contributed by atoms with E-state index in [9.17, 15) is 14.4 Å². The molecule has 0 aromatic heterocycles. The Morgan fingerprint density at radius 3 is 2.28 bits per heavy atom. The van der Waals surface area contributed by atoms with Gasteiger partial charge < -0.3 is 14.4 Å². The predicted molar refractivity (Wildman–Crippen MR) is 113 cm³/mol. The van der Waals surface area contributed by atoms with E-state index in [4.69, 9.17) is 9.47 Å². The fourth-order valence-electron chi connectivity index (χ4n) is 3.02. The zero-order valence-corrected chi connectivity index (χ0v) is 18.5. The van der Waals surface area contributed by atoms with Crippen molar-refractivity contribution in [2.45, 2.75) is 45.1 Å². The Hall–Kier alpha value is -1.87. The molecule has 2 aliphatic rings. The number of hydrogen-bond donors (Lipinski definition) is 0. The molecule has 158 valence electrons. The number of benzene rings is 1. The molecule has 0 unspecified atom stereocenters. The van der Waals surface area contributed by atoms with Crippen LogP contribution in [-0.4, -0.2) is 68.7 Å². The number of rotatable bonds is 4. The molecule has 3 rings (SSSR count).